The van der Waals surface area contributed by atoms with Crippen LogP contribution in [0.3, 0.4) is 0 Å². The number of hydrogen-bond donors (Lipinski definition) is 1. The van der Waals surface area contributed by atoms with Crippen LogP contribution in [0.25, 0.3) is 10.6 Å². The number of hydrogen-bond acceptors (Lipinski definition) is 7. The largest absolute Gasteiger partial charge is 0.493 e. The minimum atomic E-state index is -0.186. The molecule has 1 fully saturated rings. The van der Waals surface area contributed by atoms with Crippen LogP contribution < -0.4 is 14.8 Å². The van der Waals surface area contributed by atoms with E-state index in [-0.39, 0.29) is 5.91 Å². The van der Waals surface area contributed by atoms with E-state index in [0.29, 0.717) is 23.7 Å². The number of carbonyl (C=O) groups is 1. The van der Waals surface area contributed by atoms with Crippen LogP contribution in [0.2, 0.25) is 0 Å². The van der Waals surface area contributed by atoms with Gasteiger partial charge < -0.3 is 19.5 Å². The molecule has 1 N–H and O–H groups in total. The van der Waals surface area contributed by atoms with Gasteiger partial charge in [0.05, 0.1) is 27.4 Å². The van der Waals surface area contributed by atoms with Gasteiger partial charge in [-0.3, -0.25) is 9.69 Å². The second-order valence-electron chi connectivity index (χ2n) is 7.45. The summed E-state index contributed by atoms with van der Waals surface area (Å²) in [7, 11) is 3.20. The molecule has 2 heterocycles. The molecule has 0 spiro atoms. The van der Waals surface area contributed by atoms with E-state index in [1.54, 1.807) is 19.6 Å². The standard InChI is InChI=1S/C24H27N3O4S/c1-29-21-8-7-17(13-22(21)30-2)24-26-20(16-32-24)23(28)25-14-18-5-3-4-6-19(18)15-27-9-11-31-12-10-27/h3-8,13,16H,9-12,14-15H2,1-2H3,(H,25,28). The van der Waals surface area contributed by atoms with Crippen molar-refractivity contribution < 1.29 is 19.0 Å². The zero-order valence-corrected chi connectivity index (χ0v) is 19.1. The number of rotatable bonds is 8. The van der Waals surface area contributed by atoms with Crippen molar-refractivity contribution in [2.75, 3.05) is 40.5 Å². The summed E-state index contributed by atoms with van der Waals surface area (Å²) in [6, 6.07) is 13.8. The van der Waals surface area contributed by atoms with E-state index in [1.807, 2.05) is 30.3 Å². The van der Waals surface area contributed by atoms with Gasteiger partial charge in [-0.2, -0.15) is 0 Å². The smallest absolute Gasteiger partial charge is 0.271 e. The van der Waals surface area contributed by atoms with E-state index in [4.69, 9.17) is 14.2 Å². The Bertz CT molecular complexity index is 1060. The molecular formula is C24H27N3O4S. The summed E-state index contributed by atoms with van der Waals surface area (Å²) in [6.07, 6.45) is 0. The number of thiazole rings is 1. The Morgan fingerprint density at radius 2 is 1.84 bits per heavy atom. The summed E-state index contributed by atoms with van der Waals surface area (Å²) in [4.78, 5) is 19.7. The number of benzene rings is 2. The van der Waals surface area contributed by atoms with Crippen LogP contribution >= 0.6 is 11.3 Å². The molecule has 1 saturated heterocycles. The highest BCUT2D eigenvalue weighted by Crippen LogP contribution is 2.33. The van der Waals surface area contributed by atoms with Crippen LogP contribution in [0.5, 0.6) is 11.5 Å². The Morgan fingerprint density at radius 1 is 1.09 bits per heavy atom. The molecule has 3 aromatic rings. The SMILES string of the molecule is COc1ccc(-c2nc(C(=O)NCc3ccccc3CN3CCOCC3)cs2)cc1OC. The number of morpholine rings is 1. The number of amides is 1. The lowest BCUT2D eigenvalue weighted by Gasteiger charge is -2.27. The minimum Gasteiger partial charge on any atom is -0.493 e. The first-order valence-corrected chi connectivity index (χ1v) is 11.4. The molecule has 2 aromatic carbocycles. The van der Waals surface area contributed by atoms with Gasteiger partial charge in [0.1, 0.15) is 10.7 Å². The van der Waals surface area contributed by atoms with E-state index in [2.05, 4.69) is 27.3 Å². The van der Waals surface area contributed by atoms with Crippen LogP contribution in [-0.2, 0) is 17.8 Å². The highest BCUT2D eigenvalue weighted by Gasteiger charge is 2.16. The van der Waals surface area contributed by atoms with Crippen LogP contribution in [0.4, 0.5) is 0 Å². The van der Waals surface area contributed by atoms with Crippen molar-refractivity contribution in [3.63, 3.8) is 0 Å². The average molecular weight is 454 g/mol. The zero-order valence-electron chi connectivity index (χ0n) is 18.3. The lowest BCUT2D eigenvalue weighted by Crippen LogP contribution is -2.36. The zero-order chi connectivity index (χ0) is 22.3. The molecule has 7 nitrogen and oxygen atoms in total. The first-order chi connectivity index (χ1) is 15.7. The monoisotopic (exact) mass is 453 g/mol. The topological polar surface area (TPSA) is 72.9 Å². The highest BCUT2D eigenvalue weighted by molar-refractivity contribution is 7.13. The van der Waals surface area contributed by atoms with Crippen LogP contribution in [0.1, 0.15) is 21.6 Å². The van der Waals surface area contributed by atoms with Crippen molar-refractivity contribution in [1.82, 2.24) is 15.2 Å². The predicted molar refractivity (Wildman–Crippen MR) is 124 cm³/mol. The van der Waals surface area contributed by atoms with E-state index in [1.165, 1.54) is 16.9 Å². The van der Waals surface area contributed by atoms with Crippen LogP contribution in [-0.4, -0.2) is 56.3 Å². The Morgan fingerprint density at radius 3 is 2.59 bits per heavy atom. The van der Waals surface area contributed by atoms with E-state index >= 15 is 0 Å². The predicted octanol–water partition coefficient (Wildman–Crippen LogP) is 3.59. The van der Waals surface area contributed by atoms with Crippen molar-refractivity contribution in [1.29, 1.82) is 0 Å². The molecular weight excluding hydrogens is 426 g/mol. The second kappa shape index (κ2) is 10.6. The molecule has 1 aliphatic heterocycles. The molecule has 168 valence electrons. The maximum absolute atomic E-state index is 12.7. The molecule has 0 saturated carbocycles. The number of ether oxygens (including phenoxy) is 3. The molecule has 4 rings (SSSR count). The highest BCUT2D eigenvalue weighted by atomic mass is 32.1. The summed E-state index contributed by atoms with van der Waals surface area (Å²) in [5.74, 6) is 1.10. The molecule has 0 aliphatic carbocycles. The molecule has 0 radical (unpaired) electrons. The first kappa shape index (κ1) is 22.3. The fourth-order valence-corrected chi connectivity index (χ4v) is 4.43. The van der Waals surface area contributed by atoms with Crippen molar-refractivity contribution in [3.8, 4) is 22.1 Å². The van der Waals surface area contributed by atoms with Crippen molar-refractivity contribution in [3.05, 3.63) is 64.7 Å². The molecule has 0 unspecified atom stereocenters. The number of carbonyl (C=O) groups excluding carboxylic acids is 1. The maximum atomic E-state index is 12.7. The average Bonchev–Trinajstić information content (AvgIpc) is 3.34. The van der Waals surface area contributed by atoms with Crippen molar-refractivity contribution >= 4 is 17.2 Å². The normalized spacial score (nSPS) is 14.2. The van der Waals surface area contributed by atoms with E-state index in [9.17, 15) is 4.79 Å². The Hall–Kier alpha value is -2.94. The quantitative estimate of drug-likeness (QED) is 0.562. The fourth-order valence-electron chi connectivity index (χ4n) is 3.63. The summed E-state index contributed by atoms with van der Waals surface area (Å²) in [6.45, 7) is 4.71. The third-order valence-electron chi connectivity index (χ3n) is 5.42. The number of nitrogens with one attached hydrogen (secondary N) is 1. The Labute approximate surface area is 191 Å². The van der Waals surface area contributed by atoms with Gasteiger partial charge in [0.25, 0.3) is 5.91 Å². The third-order valence-corrected chi connectivity index (χ3v) is 6.31. The molecule has 0 atom stereocenters. The maximum Gasteiger partial charge on any atom is 0.271 e. The fraction of sp³-hybridized carbons (Fsp3) is 0.333. The summed E-state index contributed by atoms with van der Waals surface area (Å²) in [5.41, 5.74) is 3.62. The van der Waals surface area contributed by atoms with Crippen LogP contribution in [0, 0.1) is 0 Å². The Balaban J connectivity index is 1.41. The molecule has 32 heavy (non-hydrogen) atoms. The van der Waals surface area contributed by atoms with Gasteiger partial charge in [-0.25, -0.2) is 4.98 Å². The molecule has 1 aromatic heterocycles. The van der Waals surface area contributed by atoms with Crippen molar-refractivity contribution in [2.45, 2.75) is 13.1 Å². The number of methoxy groups -OCH3 is 2. The van der Waals surface area contributed by atoms with Gasteiger partial charge in [0.15, 0.2) is 11.5 Å². The lowest BCUT2D eigenvalue weighted by molar-refractivity contribution is 0.0340. The Kier molecular flexibility index (Phi) is 7.36. The minimum absolute atomic E-state index is 0.186. The molecule has 1 amide bonds. The number of nitrogens with zero attached hydrogens (tertiary/aromatic N) is 2. The molecule has 8 heteroatoms. The third kappa shape index (κ3) is 5.27. The molecule has 1 aliphatic rings. The van der Waals surface area contributed by atoms with E-state index < -0.39 is 0 Å². The van der Waals surface area contributed by atoms with Gasteiger partial charge >= 0.3 is 0 Å². The summed E-state index contributed by atoms with van der Waals surface area (Å²) >= 11 is 1.42. The van der Waals surface area contributed by atoms with Gasteiger partial charge in [0, 0.05) is 37.1 Å². The van der Waals surface area contributed by atoms with Crippen molar-refractivity contribution in [2.24, 2.45) is 0 Å². The van der Waals surface area contributed by atoms with Gasteiger partial charge in [-0.15, -0.1) is 11.3 Å². The van der Waals surface area contributed by atoms with Gasteiger partial charge in [-0.05, 0) is 29.3 Å². The van der Waals surface area contributed by atoms with Crippen LogP contribution in [0.15, 0.2) is 47.8 Å². The lowest BCUT2D eigenvalue weighted by atomic mass is 10.1. The van der Waals surface area contributed by atoms with E-state index in [0.717, 1.165) is 49.0 Å². The molecule has 0 bridgehead atoms. The second-order valence-corrected chi connectivity index (χ2v) is 8.31. The number of aromatic nitrogens is 1. The van der Waals surface area contributed by atoms with Gasteiger partial charge in [-0.1, -0.05) is 24.3 Å². The first-order valence-electron chi connectivity index (χ1n) is 10.5. The van der Waals surface area contributed by atoms with Gasteiger partial charge in [0.2, 0.25) is 0 Å². The summed E-state index contributed by atoms with van der Waals surface area (Å²) in [5, 5.41) is 5.55. The summed E-state index contributed by atoms with van der Waals surface area (Å²) < 4.78 is 16.1.